The fourth-order valence-corrected chi connectivity index (χ4v) is 4.80. The van der Waals surface area contributed by atoms with Crippen LogP contribution in [0.25, 0.3) is 11.0 Å². The maximum absolute atomic E-state index is 6.48. The van der Waals surface area contributed by atoms with Gasteiger partial charge in [-0.15, -0.1) is 0 Å². The summed E-state index contributed by atoms with van der Waals surface area (Å²) in [4.78, 5) is 8.49. The van der Waals surface area contributed by atoms with Crippen molar-refractivity contribution in [1.82, 2.24) is 14.5 Å². The number of halogens is 1. The molecule has 3 aliphatic rings. The van der Waals surface area contributed by atoms with Crippen LogP contribution in [-0.4, -0.2) is 38.6 Å². The van der Waals surface area contributed by atoms with E-state index in [1.807, 2.05) is 30.7 Å². The van der Waals surface area contributed by atoms with Crippen LogP contribution in [0.4, 0.5) is 0 Å². The molecule has 0 N–H and O–H groups in total. The summed E-state index contributed by atoms with van der Waals surface area (Å²) < 4.78 is 21.0. The number of ether oxygens (including phenoxy) is 3. The number of aromatic nitrogens is 3. The lowest BCUT2D eigenvalue weighted by molar-refractivity contribution is -0.206. The highest BCUT2D eigenvalue weighted by atomic mass is 35.5. The summed E-state index contributed by atoms with van der Waals surface area (Å²) >= 11 is 6.22. The molecule has 0 aromatic carbocycles. The lowest BCUT2D eigenvalue weighted by atomic mass is 9.89. The van der Waals surface area contributed by atoms with Crippen LogP contribution in [0.15, 0.2) is 30.7 Å². The Labute approximate surface area is 144 Å². The number of nitrogens with zero attached hydrogens (tertiary/aromatic N) is 3. The summed E-state index contributed by atoms with van der Waals surface area (Å²) in [6.45, 7) is 8.43. The van der Waals surface area contributed by atoms with Gasteiger partial charge in [0.1, 0.15) is 23.2 Å². The summed E-state index contributed by atoms with van der Waals surface area (Å²) in [6, 6.07) is 1.91. The van der Waals surface area contributed by atoms with Crippen LogP contribution in [0, 0.1) is 0 Å². The van der Waals surface area contributed by atoms with Gasteiger partial charge in [0.15, 0.2) is 11.4 Å². The second-order valence-corrected chi connectivity index (χ2v) is 7.57. The number of hydrogen-bond donors (Lipinski definition) is 0. The van der Waals surface area contributed by atoms with E-state index in [-0.39, 0.29) is 6.10 Å². The Morgan fingerprint density at radius 1 is 1.33 bits per heavy atom. The molecule has 1 spiro atoms. The maximum atomic E-state index is 6.48. The van der Waals surface area contributed by atoms with E-state index in [0.717, 1.165) is 29.4 Å². The van der Waals surface area contributed by atoms with Crippen LogP contribution in [0.1, 0.15) is 26.7 Å². The van der Waals surface area contributed by atoms with Crippen LogP contribution < -0.4 is 0 Å². The average Bonchev–Trinajstić information content (AvgIpc) is 3.18. The van der Waals surface area contributed by atoms with Crippen molar-refractivity contribution in [2.24, 2.45) is 0 Å². The smallest absolute Gasteiger partial charge is 0.205 e. The molecule has 3 fully saturated rings. The van der Waals surface area contributed by atoms with E-state index in [9.17, 15) is 0 Å². The lowest BCUT2D eigenvalue weighted by Crippen LogP contribution is -2.53. The third kappa shape index (κ3) is 1.57. The maximum Gasteiger partial charge on any atom is 0.205 e. The van der Waals surface area contributed by atoms with Gasteiger partial charge in [-0.05, 0) is 38.3 Å². The molecular weight excluding hydrogens is 330 g/mol. The van der Waals surface area contributed by atoms with Crippen molar-refractivity contribution in [1.29, 1.82) is 0 Å². The van der Waals surface area contributed by atoms with E-state index in [4.69, 9.17) is 25.8 Å². The first-order valence-electron chi connectivity index (χ1n) is 8.06. The fraction of sp³-hybridized carbons (Fsp3) is 0.529. The van der Waals surface area contributed by atoms with Gasteiger partial charge in [-0.25, -0.2) is 9.97 Å². The number of fused-ring (bicyclic) bond motifs is 1. The Kier molecular flexibility index (Phi) is 2.71. The van der Waals surface area contributed by atoms with Crippen molar-refractivity contribution in [2.45, 2.75) is 49.9 Å². The molecular formula is C17H18ClN3O3. The molecule has 1 saturated carbocycles. The molecule has 24 heavy (non-hydrogen) atoms. The molecule has 3 atom stereocenters. The third-order valence-electron chi connectivity index (χ3n) is 5.38. The lowest BCUT2D eigenvalue weighted by Gasteiger charge is -2.36. The van der Waals surface area contributed by atoms with Gasteiger partial charge in [0.25, 0.3) is 0 Å². The molecule has 4 heterocycles. The molecule has 0 unspecified atom stereocenters. The van der Waals surface area contributed by atoms with Crippen molar-refractivity contribution in [3.05, 3.63) is 35.9 Å². The Bertz CT molecular complexity index is 879. The quantitative estimate of drug-likeness (QED) is 0.586. The molecule has 0 radical (unpaired) electrons. The highest BCUT2D eigenvalue weighted by Crippen LogP contribution is 2.61. The first kappa shape index (κ1) is 14.8. The summed E-state index contributed by atoms with van der Waals surface area (Å²) in [5.41, 5.74) is 0.386. The van der Waals surface area contributed by atoms with Crippen LogP contribution in [0.5, 0.6) is 0 Å². The van der Waals surface area contributed by atoms with E-state index in [2.05, 4.69) is 16.5 Å². The first-order chi connectivity index (χ1) is 11.4. The van der Waals surface area contributed by atoms with Gasteiger partial charge in [0.2, 0.25) is 5.72 Å². The molecule has 1 aliphatic carbocycles. The zero-order chi connectivity index (χ0) is 16.7. The van der Waals surface area contributed by atoms with Gasteiger partial charge >= 0.3 is 0 Å². The minimum absolute atomic E-state index is 0.172. The van der Waals surface area contributed by atoms with Crippen molar-refractivity contribution in [3.63, 3.8) is 0 Å². The van der Waals surface area contributed by atoms with Gasteiger partial charge in [0, 0.05) is 6.20 Å². The average molecular weight is 348 g/mol. The molecule has 7 heteroatoms. The Balaban J connectivity index is 1.78. The van der Waals surface area contributed by atoms with Crippen molar-refractivity contribution < 1.29 is 14.2 Å². The zero-order valence-corrected chi connectivity index (χ0v) is 14.3. The summed E-state index contributed by atoms with van der Waals surface area (Å²) in [5.74, 6) is -0.722. The summed E-state index contributed by atoms with van der Waals surface area (Å²) in [6.07, 6.45) is 4.89. The van der Waals surface area contributed by atoms with E-state index in [1.54, 1.807) is 0 Å². The largest absolute Gasteiger partial charge is 0.365 e. The zero-order valence-electron chi connectivity index (χ0n) is 13.6. The summed E-state index contributed by atoms with van der Waals surface area (Å²) in [7, 11) is 0. The third-order valence-corrected chi connectivity index (χ3v) is 5.68. The number of rotatable bonds is 1. The van der Waals surface area contributed by atoms with Crippen LogP contribution in [0.3, 0.4) is 0 Å². The Morgan fingerprint density at radius 2 is 2.17 bits per heavy atom. The topological polar surface area (TPSA) is 58.4 Å². The summed E-state index contributed by atoms with van der Waals surface area (Å²) in [5, 5.41) is 1.21. The van der Waals surface area contributed by atoms with E-state index in [1.165, 1.54) is 6.33 Å². The fourth-order valence-electron chi connectivity index (χ4n) is 4.61. The standard InChI is InChI=1S/C17H18ClN3O3/c1-10-4-6-16-12(10)22-8-17(16,24-15(2,3)23-16)21-7-5-11-13(18)19-9-20-14(11)21/h5,7,9,12H,1,4,6,8H2,2-3H3/t12-,16-,17-/m1/s1. The predicted octanol–water partition coefficient (Wildman–Crippen LogP) is 3.01. The van der Waals surface area contributed by atoms with Crippen LogP contribution in [-0.2, 0) is 19.9 Å². The van der Waals surface area contributed by atoms with E-state index in [0.29, 0.717) is 11.8 Å². The van der Waals surface area contributed by atoms with Crippen molar-refractivity contribution >= 4 is 22.6 Å². The minimum Gasteiger partial charge on any atom is -0.365 e. The van der Waals surface area contributed by atoms with Gasteiger partial charge in [-0.1, -0.05) is 18.2 Å². The van der Waals surface area contributed by atoms with Crippen LogP contribution in [0.2, 0.25) is 5.15 Å². The van der Waals surface area contributed by atoms with Gasteiger partial charge in [0.05, 0.1) is 12.0 Å². The molecule has 6 nitrogen and oxygen atoms in total. The molecule has 0 amide bonds. The predicted molar refractivity (Wildman–Crippen MR) is 87.6 cm³/mol. The first-order valence-corrected chi connectivity index (χ1v) is 8.44. The van der Waals surface area contributed by atoms with Gasteiger partial charge in [-0.2, -0.15) is 0 Å². The monoisotopic (exact) mass is 347 g/mol. The normalized spacial score (nSPS) is 37.1. The van der Waals surface area contributed by atoms with Crippen molar-refractivity contribution in [3.8, 4) is 0 Å². The molecule has 2 saturated heterocycles. The van der Waals surface area contributed by atoms with Gasteiger partial charge in [-0.3, -0.25) is 4.57 Å². The second-order valence-electron chi connectivity index (χ2n) is 7.21. The van der Waals surface area contributed by atoms with Gasteiger partial charge < -0.3 is 14.2 Å². The van der Waals surface area contributed by atoms with E-state index >= 15 is 0 Å². The highest BCUT2D eigenvalue weighted by Gasteiger charge is 2.74. The minimum atomic E-state index is -0.792. The molecule has 0 bridgehead atoms. The number of hydrogen-bond acceptors (Lipinski definition) is 5. The molecule has 2 aromatic rings. The SMILES string of the molecule is C=C1CC[C@]23OC(C)(C)O[C@]2(n2ccc4c(Cl)ncnc42)CO[C@H]13. The van der Waals surface area contributed by atoms with Crippen molar-refractivity contribution in [2.75, 3.05) is 6.61 Å². The molecule has 2 aliphatic heterocycles. The molecule has 2 aromatic heterocycles. The Morgan fingerprint density at radius 3 is 3.00 bits per heavy atom. The van der Waals surface area contributed by atoms with E-state index < -0.39 is 17.1 Å². The Hall–Kier alpha value is -1.47. The highest BCUT2D eigenvalue weighted by molar-refractivity contribution is 6.33. The van der Waals surface area contributed by atoms with Crippen LogP contribution >= 0.6 is 11.6 Å². The second kappa shape index (κ2) is 4.38. The molecule has 126 valence electrons. The molecule has 5 rings (SSSR count).